The number of carbonyl (C=O) groups excluding carboxylic acids is 1. The molecule has 5 nitrogen and oxygen atoms in total. The summed E-state index contributed by atoms with van der Waals surface area (Å²) < 4.78 is 11.4. The van der Waals surface area contributed by atoms with Crippen LogP contribution in [-0.2, 0) is 11.8 Å². The summed E-state index contributed by atoms with van der Waals surface area (Å²) in [6, 6.07) is 7.55. The van der Waals surface area contributed by atoms with Gasteiger partial charge < -0.3 is 9.47 Å². The summed E-state index contributed by atoms with van der Waals surface area (Å²) in [4.78, 5) is 11.7. The third kappa shape index (κ3) is 2.31. The number of hydrogen-bond acceptors (Lipinski definition) is 4. The van der Waals surface area contributed by atoms with Gasteiger partial charge in [0, 0.05) is 18.2 Å². The molecule has 19 heavy (non-hydrogen) atoms. The highest BCUT2D eigenvalue weighted by atomic mass is 16.5. The third-order valence-electron chi connectivity index (χ3n) is 3.03. The first-order chi connectivity index (χ1) is 9.08. The van der Waals surface area contributed by atoms with E-state index >= 15 is 0 Å². The zero-order chi connectivity index (χ0) is 14.0. The first-order valence-electron chi connectivity index (χ1n) is 5.84. The molecular weight excluding hydrogens is 244 g/mol. The highest BCUT2D eigenvalue weighted by molar-refractivity contribution is 5.91. The van der Waals surface area contributed by atoms with E-state index in [4.69, 9.17) is 9.47 Å². The minimum Gasteiger partial charge on any atom is -0.497 e. The fourth-order valence-electron chi connectivity index (χ4n) is 2.03. The highest BCUT2D eigenvalue weighted by Gasteiger charge is 2.20. The zero-order valence-electron chi connectivity index (χ0n) is 11.4. The van der Waals surface area contributed by atoms with Crippen molar-refractivity contribution in [3.63, 3.8) is 0 Å². The van der Waals surface area contributed by atoms with Crippen LogP contribution in [0.25, 0.3) is 11.3 Å². The van der Waals surface area contributed by atoms with Crippen LogP contribution in [0, 0.1) is 6.92 Å². The SMILES string of the molecule is COC(=O)c1c(C)c(-c2ccc(OC)cc2)nn1C. The van der Waals surface area contributed by atoms with Gasteiger partial charge in [0.2, 0.25) is 0 Å². The van der Waals surface area contributed by atoms with E-state index in [1.807, 2.05) is 31.2 Å². The number of ether oxygens (including phenoxy) is 2. The predicted octanol–water partition coefficient (Wildman–Crippen LogP) is 2.19. The molecule has 2 rings (SSSR count). The van der Waals surface area contributed by atoms with E-state index in [1.54, 1.807) is 18.8 Å². The number of rotatable bonds is 3. The number of benzene rings is 1. The standard InChI is InChI=1S/C14H16N2O3/c1-9-12(10-5-7-11(18-3)8-6-10)15-16(2)13(9)14(17)19-4/h5-8H,1-4H3. The zero-order valence-corrected chi connectivity index (χ0v) is 11.4. The molecule has 2 aromatic rings. The van der Waals surface area contributed by atoms with Gasteiger partial charge in [0.1, 0.15) is 11.4 Å². The molecule has 0 saturated carbocycles. The quantitative estimate of drug-likeness (QED) is 0.794. The average Bonchev–Trinajstić information content (AvgIpc) is 2.73. The van der Waals surface area contributed by atoms with Crippen LogP contribution in [0.2, 0.25) is 0 Å². The maximum atomic E-state index is 11.7. The first-order valence-corrected chi connectivity index (χ1v) is 5.84. The van der Waals surface area contributed by atoms with Gasteiger partial charge in [0.25, 0.3) is 0 Å². The van der Waals surface area contributed by atoms with Crippen LogP contribution in [0.15, 0.2) is 24.3 Å². The van der Waals surface area contributed by atoms with Crippen LogP contribution in [0.4, 0.5) is 0 Å². The Labute approximate surface area is 111 Å². The van der Waals surface area contributed by atoms with Gasteiger partial charge in [-0.2, -0.15) is 5.10 Å². The van der Waals surface area contributed by atoms with E-state index in [-0.39, 0.29) is 5.97 Å². The average molecular weight is 260 g/mol. The molecule has 0 amide bonds. The Kier molecular flexibility index (Phi) is 3.55. The van der Waals surface area contributed by atoms with Crippen LogP contribution < -0.4 is 4.74 Å². The first kappa shape index (κ1) is 13.1. The molecule has 0 N–H and O–H groups in total. The molecule has 5 heteroatoms. The molecule has 1 aromatic carbocycles. The monoisotopic (exact) mass is 260 g/mol. The van der Waals surface area contributed by atoms with E-state index in [2.05, 4.69) is 5.10 Å². The van der Waals surface area contributed by atoms with Gasteiger partial charge in [-0.15, -0.1) is 0 Å². The number of methoxy groups -OCH3 is 2. The Morgan fingerprint density at radius 3 is 2.37 bits per heavy atom. The Balaban J connectivity index is 2.48. The van der Waals surface area contributed by atoms with Gasteiger partial charge >= 0.3 is 5.97 Å². The minimum atomic E-state index is -0.382. The van der Waals surface area contributed by atoms with E-state index in [0.717, 1.165) is 22.6 Å². The van der Waals surface area contributed by atoms with Crippen molar-refractivity contribution in [1.29, 1.82) is 0 Å². The lowest BCUT2D eigenvalue weighted by Crippen LogP contribution is -2.09. The maximum Gasteiger partial charge on any atom is 0.356 e. The van der Waals surface area contributed by atoms with Crippen molar-refractivity contribution < 1.29 is 14.3 Å². The van der Waals surface area contributed by atoms with Crippen molar-refractivity contribution in [3.05, 3.63) is 35.5 Å². The Morgan fingerprint density at radius 1 is 1.21 bits per heavy atom. The van der Waals surface area contributed by atoms with Gasteiger partial charge in [-0.1, -0.05) is 0 Å². The number of esters is 1. The molecule has 0 bridgehead atoms. The third-order valence-corrected chi connectivity index (χ3v) is 3.03. The molecule has 0 radical (unpaired) electrons. The van der Waals surface area contributed by atoms with Crippen molar-refractivity contribution in [1.82, 2.24) is 9.78 Å². The maximum absolute atomic E-state index is 11.7. The number of aryl methyl sites for hydroxylation is 1. The predicted molar refractivity (Wildman–Crippen MR) is 71.3 cm³/mol. The van der Waals surface area contributed by atoms with Crippen LogP contribution in [-0.4, -0.2) is 30.0 Å². The minimum absolute atomic E-state index is 0.382. The van der Waals surface area contributed by atoms with Gasteiger partial charge in [0.15, 0.2) is 0 Å². The molecule has 0 aliphatic carbocycles. The fourth-order valence-corrected chi connectivity index (χ4v) is 2.03. The molecule has 0 unspecified atom stereocenters. The lowest BCUT2D eigenvalue weighted by molar-refractivity contribution is 0.0587. The second-order valence-corrected chi connectivity index (χ2v) is 4.17. The summed E-state index contributed by atoms with van der Waals surface area (Å²) in [5.41, 5.74) is 2.97. The summed E-state index contributed by atoms with van der Waals surface area (Å²) in [7, 11) is 4.71. The van der Waals surface area contributed by atoms with Crippen LogP contribution >= 0.6 is 0 Å². The van der Waals surface area contributed by atoms with E-state index in [1.165, 1.54) is 7.11 Å². The summed E-state index contributed by atoms with van der Waals surface area (Å²) >= 11 is 0. The molecule has 0 spiro atoms. The second-order valence-electron chi connectivity index (χ2n) is 4.17. The molecule has 1 heterocycles. The molecule has 1 aromatic heterocycles. The van der Waals surface area contributed by atoms with Crippen LogP contribution in [0.3, 0.4) is 0 Å². The van der Waals surface area contributed by atoms with Crippen molar-refractivity contribution in [2.24, 2.45) is 7.05 Å². The number of aromatic nitrogens is 2. The molecule has 0 saturated heterocycles. The topological polar surface area (TPSA) is 53.4 Å². The molecule has 0 aliphatic heterocycles. The lowest BCUT2D eigenvalue weighted by Gasteiger charge is -2.02. The molecular formula is C14H16N2O3. The summed E-state index contributed by atoms with van der Waals surface area (Å²) in [6.07, 6.45) is 0. The molecule has 0 fully saturated rings. The molecule has 0 atom stereocenters. The van der Waals surface area contributed by atoms with Gasteiger partial charge in [0.05, 0.1) is 19.9 Å². The van der Waals surface area contributed by atoms with Crippen molar-refractivity contribution in [2.45, 2.75) is 6.92 Å². The number of nitrogens with zero attached hydrogens (tertiary/aromatic N) is 2. The number of hydrogen-bond donors (Lipinski definition) is 0. The van der Waals surface area contributed by atoms with Gasteiger partial charge in [-0.05, 0) is 31.2 Å². The van der Waals surface area contributed by atoms with E-state index in [9.17, 15) is 4.79 Å². The van der Waals surface area contributed by atoms with Crippen molar-refractivity contribution in [3.8, 4) is 17.0 Å². The number of carbonyl (C=O) groups is 1. The van der Waals surface area contributed by atoms with Gasteiger partial charge in [-0.25, -0.2) is 4.79 Å². The normalized spacial score (nSPS) is 10.3. The highest BCUT2D eigenvalue weighted by Crippen LogP contribution is 2.26. The Hall–Kier alpha value is -2.30. The summed E-state index contributed by atoms with van der Waals surface area (Å²) in [6.45, 7) is 1.86. The fraction of sp³-hybridized carbons (Fsp3) is 0.286. The Morgan fingerprint density at radius 2 is 1.84 bits per heavy atom. The van der Waals surface area contributed by atoms with Crippen LogP contribution in [0.1, 0.15) is 16.1 Å². The van der Waals surface area contributed by atoms with E-state index < -0.39 is 0 Å². The van der Waals surface area contributed by atoms with Crippen molar-refractivity contribution in [2.75, 3.05) is 14.2 Å². The molecule has 100 valence electrons. The summed E-state index contributed by atoms with van der Waals surface area (Å²) in [5.74, 6) is 0.401. The summed E-state index contributed by atoms with van der Waals surface area (Å²) in [5, 5.41) is 4.38. The van der Waals surface area contributed by atoms with Crippen LogP contribution in [0.5, 0.6) is 5.75 Å². The molecule has 0 aliphatic rings. The van der Waals surface area contributed by atoms with E-state index in [0.29, 0.717) is 5.69 Å². The second kappa shape index (κ2) is 5.14. The largest absolute Gasteiger partial charge is 0.497 e. The smallest absolute Gasteiger partial charge is 0.356 e. The Bertz CT molecular complexity index is 600. The van der Waals surface area contributed by atoms with Crippen molar-refractivity contribution >= 4 is 5.97 Å². The lowest BCUT2D eigenvalue weighted by atomic mass is 10.1. The van der Waals surface area contributed by atoms with Gasteiger partial charge in [-0.3, -0.25) is 4.68 Å².